The summed E-state index contributed by atoms with van der Waals surface area (Å²) in [6.07, 6.45) is 3.45. The van der Waals surface area contributed by atoms with E-state index in [0.717, 1.165) is 28.4 Å². The monoisotopic (exact) mass is 438 g/mol. The zero-order valence-electron chi connectivity index (χ0n) is 17.9. The normalized spacial score (nSPS) is 18.3. The van der Waals surface area contributed by atoms with Gasteiger partial charge in [0.1, 0.15) is 12.3 Å². The van der Waals surface area contributed by atoms with Gasteiger partial charge in [0.25, 0.3) is 0 Å². The Morgan fingerprint density at radius 2 is 2.13 bits per heavy atom. The van der Waals surface area contributed by atoms with Crippen molar-refractivity contribution >= 4 is 23.3 Å². The fourth-order valence-corrected chi connectivity index (χ4v) is 4.49. The molecule has 1 saturated heterocycles. The summed E-state index contributed by atoms with van der Waals surface area (Å²) >= 11 is 5.63. The Hall–Kier alpha value is -3.13. The van der Waals surface area contributed by atoms with Gasteiger partial charge in [-0.1, -0.05) is 6.07 Å². The molecule has 4 heterocycles. The SMILES string of the molecule is CCOC(=O)CN1C(=S)N[C@H](c2ccccn2)[C@H]1c1cc(C)n(Cc2ccco2)c1C. The lowest BCUT2D eigenvalue weighted by Gasteiger charge is -2.27. The summed E-state index contributed by atoms with van der Waals surface area (Å²) in [6, 6.07) is 11.5. The van der Waals surface area contributed by atoms with E-state index in [4.69, 9.17) is 21.4 Å². The maximum Gasteiger partial charge on any atom is 0.325 e. The van der Waals surface area contributed by atoms with Gasteiger partial charge in [-0.3, -0.25) is 9.78 Å². The number of esters is 1. The molecule has 0 unspecified atom stereocenters. The molecule has 1 fully saturated rings. The van der Waals surface area contributed by atoms with Crippen LogP contribution < -0.4 is 5.32 Å². The van der Waals surface area contributed by atoms with Gasteiger partial charge in [-0.25, -0.2) is 0 Å². The highest BCUT2D eigenvalue weighted by molar-refractivity contribution is 7.80. The van der Waals surface area contributed by atoms with Gasteiger partial charge in [0.15, 0.2) is 5.11 Å². The van der Waals surface area contributed by atoms with E-state index in [-0.39, 0.29) is 24.6 Å². The van der Waals surface area contributed by atoms with Crippen molar-refractivity contribution in [3.8, 4) is 0 Å². The number of thiocarbonyl (C=S) groups is 1. The molecule has 31 heavy (non-hydrogen) atoms. The van der Waals surface area contributed by atoms with Gasteiger partial charge in [0, 0.05) is 17.6 Å². The van der Waals surface area contributed by atoms with Crippen LogP contribution in [0.2, 0.25) is 0 Å². The highest BCUT2D eigenvalue weighted by Crippen LogP contribution is 2.40. The van der Waals surface area contributed by atoms with Crippen molar-refractivity contribution in [2.45, 2.75) is 39.4 Å². The smallest absolute Gasteiger partial charge is 0.325 e. The van der Waals surface area contributed by atoms with Crippen LogP contribution in [0.25, 0.3) is 0 Å². The van der Waals surface area contributed by atoms with Crippen molar-refractivity contribution in [2.75, 3.05) is 13.2 Å². The van der Waals surface area contributed by atoms with Gasteiger partial charge in [-0.05, 0) is 68.9 Å². The number of nitrogens with zero attached hydrogens (tertiary/aromatic N) is 3. The molecule has 4 rings (SSSR count). The second kappa shape index (κ2) is 8.93. The van der Waals surface area contributed by atoms with Crippen molar-refractivity contribution in [2.24, 2.45) is 0 Å². The number of nitrogens with one attached hydrogen (secondary N) is 1. The zero-order valence-corrected chi connectivity index (χ0v) is 18.7. The largest absolute Gasteiger partial charge is 0.467 e. The number of furan rings is 1. The summed E-state index contributed by atoms with van der Waals surface area (Å²) in [5, 5.41) is 3.90. The lowest BCUT2D eigenvalue weighted by atomic mass is 9.97. The Morgan fingerprint density at radius 3 is 2.81 bits per heavy atom. The third-order valence-corrected chi connectivity index (χ3v) is 5.98. The van der Waals surface area contributed by atoms with Crippen LogP contribution in [0, 0.1) is 13.8 Å². The summed E-state index contributed by atoms with van der Waals surface area (Å²) in [6.45, 7) is 7.01. The molecule has 1 N–H and O–H groups in total. The number of rotatable bonds is 7. The molecule has 3 aromatic heterocycles. The van der Waals surface area contributed by atoms with Crippen LogP contribution in [0.5, 0.6) is 0 Å². The minimum absolute atomic E-state index is 0.0789. The summed E-state index contributed by atoms with van der Waals surface area (Å²) in [7, 11) is 0. The first-order valence-corrected chi connectivity index (χ1v) is 10.7. The lowest BCUT2D eigenvalue weighted by Crippen LogP contribution is -2.35. The molecule has 7 nitrogen and oxygen atoms in total. The van der Waals surface area contributed by atoms with Crippen LogP contribution in [0.1, 0.15) is 47.4 Å². The highest BCUT2D eigenvalue weighted by Gasteiger charge is 2.42. The summed E-state index contributed by atoms with van der Waals surface area (Å²) in [5.41, 5.74) is 4.17. The van der Waals surface area contributed by atoms with Crippen molar-refractivity contribution in [3.05, 3.63) is 77.3 Å². The Morgan fingerprint density at radius 1 is 1.29 bits per heavy atom. The highest BCUT2D eigenvalue weighted by atomic mass is 32.1. The second-order valence-corrected chi connectivity index (χ2v) is 7.94. The van der Waals surface area contributed by atoms with Crippen LogP contribution in [0.15, 0.2) is 53.3 Å². The van der Waals surface area contributed by atoms with E-state index in [2.05, 4.69) is 34.8 Å². The second-order valence-electron chi connectivity index (χ2n) is 7.55. The molecular formula is C23H26N4O3S. The van der Waals surface area contributed by atoms with E-state index in [0.29, 0.717) is 18.3 Å². The molecule has 162 valence electrons. The number of hydrogen-bond acceptors (Lipinski definition) is 5. The maximum atomic E-state index is 12.3. The number of ether oxygens (including phenoxy) is 1. The van der Waals surface area contributed by atoms with Gasteiger partial charge < -0.3 is 23.9 Å². The molecule has 0 aromatic carbocycles. The summed E-state index contributed by atoms with van der Waals surface area (Å²) in [5.74, 6) is 0.584. The third-order valence-electron chi connectivity index (χ3n) is 5.63. The standard InChI is InChI=1S/C23H26N4O3S/c1-4-29-20(28)14-27-22(21(25-23(27)31)19-9-5-6-10-24-19)18-12-15(2)26(16(18)3)13-17-8-7-11-30-17/h5-12,21-22H,4,13-14H2,1-3H3,(H,25,31)/t21-,22-/m1/s1. The average Bonchev–Trinajstić information content (AvgIpc) is 3.45. The quantitative estimate of drug-likeness (QED) is 0.446. The molecule has 1 aliphatic heterocycles. The first-order chi connectivity index (χ1) is 15.0. The molecular weight excluding hydrogens is 412 g/mol. The van der Waals surface area contributed by atoms with Crippen molar-refractivity contribution < 1.29 is 13.9 Å². The summed E-state index contributed by atoms with van der Waals surface area (Å²) in [4.78, 5) is 18.8. The molecule has 0 aliphatic carbocycles. The van der Waals surface area contributed by atoms with Crippen LogP contribution >= 0.6 is 12.2 Å². The number of carbonyl (C=O) groups excluding carboxylic acids is 1. The molecule has 0 saturated carbocycles. The van der Waals surface area contributed by atoms with Crippen LogP contribution in [-0.4, -0.2) is 38.7 Å². The first-order valence-electron chi connectivity index (χ1n) is 10.3. The number of pyridine rings is 1. The van der Waals surface area contributed by atoms with Gasteiger partial charge in [0.2, 0.25) is 0 Å². The lowest BCUT2D eigenvalue weighted by molar-refractivity contribution is -0.143. The van der Waals surface area contributed by atoms with E-state index < -0.39 is 0 Å². The molecule has 0 bridgehead atoms. The predicted molar refractivity (Wildman–Crippen MR) is 121 cm³/mol. The number of carbonyl (C=O) groups is 1. The number of hydrogen-bond donors (Lipinski definition) is 1. The Balaban J connectivity index is 1.74. The van der Waals surface area contributed by atoms with Gasteiger partial charge in [-0.2, -0.15) is 0 Å². The first kappa shape index (κ1) is 21.1. The van der Waals surface area contributed by atoms with Crippen LogP contribution in [0.4, 0.5) is 0 Å². The zero-order chi connectivity index (χ0) is 22.0. The van der Waals surface area contributed by atoms with Gasteiger partial charge in [-0.15, -0.1) is 0 Å². The Kier molecular flexibility index (Phi) is 6.08. The van der Waals surface area contributed by atoms with Crippen LogP contribution in [0.3, 0.4) is 0 Å². The maximum absolute atomic E-state index is 12.3. The Labute approximate surface area is 187 Å². The van der Waals surface area contributed by atoms with E-state index >= 15 is 0 Å². The fourth-order valence-electron chi connectivity index (χ4n) is 4.19. The van der Waals surface area contributed by atoms with E-state index in [9.17, 15) is 4.79 Å². The fraction of sp³-hybridized carbons (Fsp3) is 0.348. The molecule has 2 atom stereocenters. The predicted octanol–water partition coefficient (Wildman–Crippen LogP) is 3.68. The van der Waals surface area contributed by atoms with Gasteiger partial charge in [0.05, 0.1) is 37.2 Å². The van der Waals surface area contributed by atoms with Gasteiger partial charge >= 0.3 is 5.97 Å². The number of aryl methyl sites for hydroxylation is 1. The number of aromatic nitrogens is 2. The molecule has 8 heteroatoms. The third kappa shape index (κ3) is 4.20. The molecule has 0 amide bonds. The minimum atomic E-state index is -0.303. The summed E-state index contributed by atoms with van der Waals surface area (Å²) < 4.78 is 13.0. The topological polar surface area (TPSA) is 72.5 Å². The van der Waals surface area contributed by atoms with Crippen molar-refractivity contribution in [1.82, 2.24) is 19.8 Å². The molecule has 0 spiro atoms. The minimum Gasteiger partial charge on any atom is -0.467 e. The van der Waals surface area contributed by atoms with Crippen LogP contribution in [-0.2, 0) is 16.1 Å². The molecule has 3 aromatic rings. The molecule has 0 radical (unpaired) electrons. The van der Waals surface area contributed by atoms with E-state index in [1.807, 2.05) is 35.2 Å². The Bertz CT molecular complexity index is 1060. The molecule has 1 aliphatic rings. The van der Waals surface area contributed by atoms with E-state index in [1.165, 1.54) is 0 Å². The van der Waals surface area contributed by atoms with Crippen molar-refractivity contribution in [3.63, 3.8) is 0 Å². The van der Waals surface area contributed by atoms with Crippen molar-refractivity contribution in [1.29, 1.82) is 0 Å². The van der Waals surface area contributed by atoms with E-state index in [1.54, 1.807) is 19.4 Å². The average molecular weight is 439 g/mol.